The van der Waals surface area contributed by atoms with E-state index in [0.29, 0.717) is 11.3 Å². The van der Waals surface area contributed by atoms with Crippen LogP contribution < -0.4 is 11.1 Å². The van der Waals surface area contributed by atoms with Crippen molar-refractivity contribution < 1.29 is 9.53 Å². The summed E-state index contributed by atoms with van der Waals surface area (Å²) in [6.07, 6.45) is -0.503. The number of rotatable bonds is 4. The first-order valence-electron chi connectivity index (χ1n) is 8.65. The van der Waals surface area contributed by atoms with Crippen molar-refractivity contribution in [3.8, 4) is 11.1 Å². The third-order valence-electron chi connectivity index (χ3n) is 4.74. The van der Waals surface area contributed by atoms with Gasteiger partial charge in [0.1, 0.15) is 11.6 Å². The lowest BCUT2D eigenvalue weighted by molar-refractivity contribution is 0.158. The predicted octanol–water partition coefficient (Wildman–Crippen LogP) is 4.68. The number of fused-ring (bicyclic) bond motifs is 3. The molecule has 27 heavy (non-hydrogen) atoms. The monoisotopic (exact) mass is 374 g/mol. The number of ether oxygens (including phenoxy) is 1. The predicted molar refractivity (Wildman–Crippen MR) is 111 cm³/mol. The smallest absolute Gasteiger partial charge is 0.411 e. The number of hydrogen-bond acceptors (Lipinski definition) is 3. The number of hydrogen-bond donors (Lipinski definition) is 2. The Balaban J connectivity index is 1.48. The van der Waals surface area contributed by atoms with E-state index in [-0.39, 0.29) is 17.5 Å². The van der Waals surface area contributed by atoms with Crippen LogP contribution in [-0.2, 0) is 4.74 Å². The van der Waals surface area contributed by atoms with Gasteiger partial charge >= 0.3 is 6.09 Å². The highest BCUT2D eigenvalue weighted by Crippen LogP contribution is 2.44. The molecule has 3 aromatic carbocycles. The van der Waals surface area contributed by atoms with Gasteiger partial charge in [0.25, 0.3) is 0 Å². The van der Waals surface area contributed by atoms with Crippen LogP contribution in [0.15, 0.2) is 72.8 Å². The Morgan fingerprint density at radius 2 is 1.59 bits per heavy atom. The molecule has 0 radical (unpaired) electrons. The van der Waals surface area contributed by atoms with Gasteiger partial charge in [0, 0.05) is 17.2 Å². The number of anilines is 1. The van der Waals surface area contributed by atoms with Gasteiger partial charge in [-0.2, -0.15) is 0 Å². The minimum absolute atomic E-state index is 0.0334. The zero-order valence-corrected chi connectivity index (χ0v) is 15.3. The van der Waals surface area contributed by atoms with Gasteiger partial charge in [-0.25, -0.2) is 4.79 Å². The fraction of sp³-hybridized carbons (Fsp3) is 0.0909. The van der Waals surface area contributed by atoms with Crippen molar-refractivity contribution in [2.75, 3.05) is 11.9 Å². The Bertz CT molecular complexity index is 987. The average molecular weight is 374 g/mol. The van der Waals surface area contributed by atoms with Gasteiger partial charge in [-0.05, 0) is 34.4 Å². The first-order chi connectivity index (χ1) is 13.1. The van der Waals surface area contributed by atoms with E-state index in [1.54, 1.807) is 24.3 Å². The Hall–Kier alpha value is -3.18. The number of amides is 1. The van der Waals surface area contributed by atoms with Gasteiger partial charge < -0.3 is 10.5 Å². The van der Waals surface area contributed by atoms with Crippen LogP contribution in [-0.4, -0.2) is 17.7 Å². The summed E-state index contributed by atoms with van der Waals surface area (Å²) in [4.78, 5) is 12.6. The van der Waals surface area contributed by atoms with Crippen molar-refractivity contribution in [3.63, 3.8) is 0 Å². The van der Waals surface area contributed by atoms with E-state index in [2.05, 4.69) is 29.6 Å². The molecular weight excluding hydrogens is 356 g/mol. The first kappa shape index (κ1) is 17.2. The number of nitrogens with one attached hydrogen (secondary N) is 1. The molecule has 1 aliphatic rings. The van der Waals surface area contributed by atoms with Crippen LogP contribution >= 0.6 is 12.2 Å². The molecule has 3 N–H and O–H groups in total. The van der Waals surface area contributed by atoms with E-state index in [0.717, 1.165) is 0 Å². The highest BCUT2D eigenvalue weighted by atomic mass is 32.1. The van der Waals surface area contributed by atoms with E-state index < -0.39 is 6.09 Å². The normalized spacial score (nSPS) is 12.1. The topological polar surface area (TPSA) is 64.3 Å². The average Bonchev–Trinajstić information content (AvgIpc) is 3.00. The summed E-state index contributed by atoms with van der Waals surface area (Å²) in [6, 6.07) is 23.6. The third-order valence-corrected chi connectivity index (χ3v) is 4.97. The van der Waals surface area contributed by atoms with Crippen LogP contribution in [0.25, 0.3) is 11.1 Å². The Labute approximate surface area is 163 Å². The molecule has 0 aliphatic heterocycles. The van der Waals surface area contributed by atoms with Crippen molar-refractivity contribution in [1.29, 1.82) is 0 Å². The molecule has 0 fully saturated rings. The summed E-state index contributed by atoms with van der Waals surface area (Å²) in [5.74, 6) is 0.0334. The molecule has 0 saturated carbocycles. The van der Waals surface area contributed by atoms with E-state index in [4.69, 9.17) is 22.7 Å². The molecular formula is C22H18N2O2S. The lowest BCUT2D eigenvalue weighted by Crippen LogP contribution is -2.18. The number of benzene rings is 3. The minimum atomic E-state index is -0.503. The molecule has 0 aromatic heterocycles. The molecule has 3 aromatic rings. The second kappa shape index (κ2) is 7.21. The highest BCUT2D eigenvalue weighted by Gasteiger charge is 2.28. The summed E-state index contributed by atoms with van der Waals surface area (Å²) in [5.41, 5.74) is 11.7. The van der Waals surface area contributed by atoms with Gasteiger partial charge in [0.05, 0.1) is 0 Å². The van der Waals surface area contributed by atoms with Crippen molar-refractivity contribution in [1.82, 2.24) is 0 Å². The molecule has 4 nitrogen and oxygen atoms in total. The number of carbonyl (C=O) groups is 1. The molecule has 0 heterocycles. The summed E-state index contributed by atoms with van der Waals surface area (Å²) in [5, 5.41) is 2.73. The second-order valence-electron chi connectivity index (χ2n) is 6.40. The van der Waals surface area contributed by atoms with Crippen molar-refractivity contribution in [3.05, 3.63) is 89.5 Å². The SMILES string of the molecule is NC(=S)c1cccc(NC(=O)OCC2c3ccccc3-c3ccccc32)c1. The molecule has 1 amide bonds. The summed E-state index contributed by atoms with van der Waals surface area (Å²) < 4.78 is 5.53. The lowest BCUT2D eigenvalue weighted by Gasteiger charge is -2.14. The van der Waals surface area contributed by atoms with E-state index >= 15 is 0 Å². The number of carbonyl (C=O) groups excluding carboxylic acids is 1. The molecule has 0 atom stereocenters. The van der Waals surface area contributed by atoms with E-state index in [9.17, 15) is 4.79 Å². The maximum Gasteiger partial charge on any atom is 0.411 e. The van der Waals surface area contributed by atoms with Gasteiger partial charge in [-0.15, -0.1) is 0 Å². The van der Waals surface area contributed by atoms with E-state index in [1.165, 1.54) is 22.3 Å². The van der Waals surface area contributed by atoms with Crippen LogP contribution in [0.4, 0.5) is 10.5 Å². The fourth-order valence-corrected chi connectivity index (χ4v) is 3.63. The second-order valence-corrected chi connectivity index (χ2v) is 6.84. The molecule has 134 valence electrons. The standard InChI is InChI=1S/C22H18N2O2S/c23-21(27)14-6-5-7-15(12-14)24-22(25)26-13-20-18-10-3-1-8-16(18)17-9-2-4-11-19(17)20/h1-12,20H,13H2,(H2,23,27)(H,24,25). The highest BCUT2D eigenvalue weighted by molar-refractivity contribution is 7.80. The van der Waals surface area contributed by atoms with Crippen LogP contribution in [0.1, 0.15) is 22.6 Å². The molecule has 0 unspecified atom stereocenters. The summed E-state index contributed by atoms with van der Waals surface area (Å²) >= 11 is 4.97. The maximum atomic E-state index is 12.3. The Morgan fingerprint density at radius 1 is 0.963 bits per heavy atom. The van der Waals surface area contributed by atoms with Crippen LogP contribution in [0.3, 0.4) is 0 Å². The molecule has 1 aliphatic carbocycles. The van der Waals surface area contributed by atoms with Gasteiger partial charge in [0.15, 0.2) is 0 Å². The quantitative estimate of drug-likeness (QED) is 0.651. The zero-order valence-electron chi connectivity index (χ0n) is 14.5. The largest absolute Gasteiger partial charge is 0.448 e. The molecule has 0 saturated heterocycles. The lowest BCUT2D eigenvalue weighted by atomic mass is 9.98. The first-order valence-corrected chi connectivity index (χ1v) is 9.06. The van der Waals surface area contributed by atoms with Crippen LogP contribution in [0.2, 0.25) is 0 Å². The third kappa shape index (κ3) is 3.41. The Kier molecular flexibility index (Phi) is 4.60. The van der Waals surface area contributed by atoms with Gasteiger partial charge in [-0.3, -0.25) is 5.32 Å². The fourth-order valence-electron chi connectivity index (χ4n) is 3.50. The van der Waals surface area contributed by atoms with Crippen molar-refractivity contribution in [2.24, 2.45) is 5.73 Å². The maximum absolute atomic E-state index is 12.3. The van der Waals surface area contributed by atoms with Crippen molar-refractivity contribution >= 4 is 29.0 Å². The zero-order chi connectivity index (χ0) is 18.8. The number of nitrogens with two attached hydrogens (primary N) is 1. The summed E-state index contributed by atoms with van der Waals surface area (Å²) in [6.45, 7) is 0.273. The number of thiocarbonyl (C=S) groups is 1. The van der Waals surface area contributed by atoms with E-state index in [1.807, 2.05) is 24.3 Å². The minimum Gasteiger partial charge on any atom is -0.448 e. The van der Waals surface area contributed by atoms with Gasteiger partial charge in [0.2, 0.25) is 0 Å². The van der Waals surface area contributed by atoms with Gasteiger partial charge in [-0.1, -0.05) is 72.9 Å². The molecule has 5 heteroatoms. The van der Waals surface area contributed by atoms with Crippen LogP contribution in [0.5, 0.6) is 0 Å². The summed E-state index contributed by atoms with van der Waals surface area (Å²) in [7, 11) is 0. The molecule has 4 rings (SSSR count). The van der Waals surface area contributed by atoms with Crippen molar-refractivity contribution in [2.45, 2.75) is 5.92 Å². The molecule has 0 bridgehead atoms. The molecule has 0 spiro atoms. The Morgan fingerprint density at radius 3 is 2.22 bits per heavy atom. The van der Waals surface area contributed by atoms with Crippen LogP contribution in [0, 0.1) is 0 Å².